The first-order valence-electron chi connectivity index (χ1n) is 9.88. The van der Waals surface area contributed by atoms with Crippen LogP contribution in [0.4, 0.5) is 4.39 Å². The van der Waals surface area contributed by atoms with E-state index in [9.17, 15) is 9.18 Å². The number of allylic oxidation sites excluding steroid dienone is 3. The highest BCUT2D eigenvalue weighted by Crippen LogP contribution is 2.33. The number of alkyl halides is 1. The van der Waals surface area contributed by atoms with Crippen molar-refractivity contribution in [3.05, 3.63) is 65.5 Å². The Kier molecular flexibility index (Phi) is 8.21. The molecule has 1 aliphatic rings. The zero-order valence-corrected chi connectivity index (χ0v) is 17.8. The second-order valence-electron chi connectivity index (χ2n) is 7.80. The lowest BCUT2D eigenvalue weighted by atomic mass is 9.92. The number of benzene rings is 1. The zero-order valence-electron chi connectivity index (χ0n) is 17.8. The highest BCUT2D eigenvalue weighted by Gasteiger charge is 2.27. The van der Waals surface area contributed by atoms with Gasteiger partial charge < -0.3 is 14.2 Å². The molecule has 2 rings (SSSR count). The van der Waals surface area contributed by atoms with Crippen LogP contribution < -0.4 is 4.74 Å². The number of fused-ring (bicyclic) bond motifs is 1. The number of carbonyl (C=O) groups is 1. The lowest BCUT2D eigenvalue weighted by Crippen LogP contribution is -2.32. The zero-order chi connectivity index (χ0) is 21.4. The molecule has 0 aromatic heterocycles. The predicted octanol–water partition coefficient (Wildman–Crippen LogP) is 5.38. The van der Waals surface area contributed by atoms with Crippen LogP contribution in [-0.4, -0.2) is 37.9 Å². The van der Waals surface area contributed by atoms with Gasteiger partial charge in [-0.25, -0.2) is 4.39 Å². The van der Waals surface area contributed by atoms with Crippen LogP contribution in [0.5, 0.6) is 5.75 Å². The number of Topliss-reactive ketones (excluding diaryl/α,β-unsaturated/α-hetero) is 1. The number of hydrogen-bond donors (Lipinski definition) is 0. The number of hydrogen-bond acceptors (Lipinski definition) is 4. The Balaban J connectivity index is 2.14. The number of ketones is 1. The summed E-state index contributed by atoms with van der Waals surface area (Å²) in [4.78, 5) is 12.9. The Bertz CT molecular complexity index is 792. The monoisotopic (exact) mass is 402 g/mol. The molecule has 0 spiro atoms. The number of ether oxygens (including phenoxy) is 3. The molecule has 0 amide bonds. The van der Waals surface area contributed by atoms with Gasteiger partial charge in [0.2, 0.25) is 0 Å². The minimum atomic E-state index is -0.529. The van der Waals surface area contributed by atoms with Gasteiger partial charge in [0, 0.05) is 12.0 Å². The summed E-state index contributed by atoms with van der Waals surface area (Å²) < 4.78 is 28.7. The van der Waals surface area contributed by atoms with E-state index in [2.05, 4.69) is 20.4 Å². The van der Waals surface area contributed by atoms with Gasteiger partial charge in [-0.05, 0) is 69.0 Å². The maximum Gasteiger partial charge on any atom is 0.167 e. The fraction of sp³-hybridized carbons (Fsp3) is 0.458. The van der Waals surface area contributed by atoms with Gasteiger partial charge in [0.05, 0.1) is 19.8 Å². The van der Waals surface area contributed by atoms with Crippen molar-refractivity contribution in [3.63, 3.8) is 0 Å². The van der Waals surface area contributed by atoms with Gasteiger partial charge in [-0.2, -0.15) is 0 Å². The van der Waals surface area contributed by atoms with Gasteiger partial charge in [0.1, 0.15) is 23.8 Å². The molecule has 0 saturated carbocycles. The van der Waals surface area contributed by atoms with E-state index in [0.29, 0.717) is 11.3 Å². The molecule has 1 heterocycles. The molecule has 1 aromatic carbocycles. The SMILES string of the molecule is C=C(/C=C(\C=C/C(C)OCCF)CC(=O)c1ccc2c(c1)CCC(C)(C)O2)OC. The molecule has 1 aromatic rings. The molecular formula is C24H31FO4. The number of methoxy groups -OCH3 is 1. The average molecular weight is 403 g/mol. The number of carbonyl (C=O) groups excluding carboxylic acids is 1. The minimum absolute atomic E-state index is 0.00485. The van der Waals surface area contributed by atoms with E-state index in [0.717, 1.165) is 29.7 Å². The fourth-order valence-corrected chi connectivity index (χ4v) is 3.09. The van der Waals surface area contributed by atoms with E-state index >= 15 is 0 Å². The second-order valence-corrected chi connectivity index (χ2v) is 7.80. The van der Waals surface area contributed by atoms with Crippen molar-refractivity contribution in [2.75, 3.05) is 20.4 Å². The molecule has 0 radical (unpaired) electrons. The summed E-state index contributed by atoms with van der Waals surface area (Å²) in [7, 11) is 1.53. The van der Waals surface area contributed by atoms with Crippen LogP contribution in [-0.2, 0) is 15.9 Å². The summed E-state index contributed by atoms with van der Waals surface area (Å²) in [6, 6.07) is 5.61. The molecule has 0 fully saturated rings. The van der Waals surface area contributed by atoms with Crippen molar-refractivity contribution < 1.29 is 23.4 Å². The molecule has 29 heavy (non-hydrogen) atoms. The van der Waals surface area contributed by atoms with E-state index in [1.165, 1.54) is 7.11 Å². The molecule has 0 aliphatic carbocycles. The van der Waals surface area contributed by atoms with Crippen LogP contribution in [0.1, 0.15) is 49.5 Å². The summed E-state index contributed by atoms with van der Waals surface area (Å²) >= 11 is 0. The smallest absolute Gasteiger partial charge is 0.167 e. The van der Waals surface area contributed by atoms with Crippen LogP contribution in [0.2, 0.25) is 0 Å². The van der Waals surface area contributed by atoms with Crippen LogP contribution in [0.3, 0.4) is 0 Å². The standard InChI is InChI=1S/C24H31FO4/c1-17(28-13-12-25)6-7-19(14-18(2)27-5)15-22(26)20-8-9-23-21(16-20)10-11-24(3,4)29-23/h6-9,14,16-17H,2,10-13,15H2,1,3-5H3/b7-6-,19-14+. The summed E-state index contributed by atoms with van der Waals surface area (Å²) in [5.41, 5.74) is 2.27. The molecule has 1 unspecified atom stereocenters. The first kappa shape index (κ1) is 22.9. The maximum absolute atomic E-state index is 12.9. The van der Waals surface area contributed by atoms with E-state index in [1.54, 1.807) is 18.2 Å². The van der Waals surface area contributed by atoms with E-state index in [1.807, 2.05) is 25.1 Å². The largest absolute Gasteiger partial charge is 0.497 e. The second kappa shape index (κ2) is 10.4. The molecule has 0 bridgehead atoms. The third-order valence-electron chi connectivity index (χ3n) is 4.78. The highest BCUT2D eigenvalue weighted by molar-refractivity contribution is 5.98. The summed E-state index contributed by atoms with van der Waals surface area (Å²) in [6.45, 7) is 9.27. The maximum atomic E-state index is 12.9. The summed E-state index contributed by atoms with van der Waals surface area (Å²) in [6.07, 6.45) is 7.05. The van der Waals surface area contributed by atoms with Crippen molar-refractivity contribution in [1.29, 1.82) is 0 Å². The van der Waals surface area contributed by atoms with Crippen LogP contribution >= 0.6 is 0 Å². The first-order valence-corrected chi connectivity index (χ1v) is 9.88. The Hall–Kier alpha value is -2.40. The third kappa shape index (κ3) is 7.17. The fourth-order valence-electron chi connectivity index (χ4n) is 3.09. The average Bonchev–Trinajstić information content (AvgIpc) is 2.69. The van der Waals surface area contributed by atoms with Crippen molar-refractivity contribution in [3.8, 4) is 5.75 Å². The van der Waals surface area contributed by atoms with Crippen LogP contribution in [0, 0.1) is 0 Å². The van der Waals surface area contributed by atoms with Crippen molar-refractivity contribution >= 4 is 5.78 Å². The van der Waals surface area contributed by atoms with Crippen LogP contribution in [0.15, 0.2) is 54.3 Å². The highest BCUT2D eigenvalue weighted by atomic mass is 19.1. The van der Waals surface area contributed by atoms with Gasteiger partial charge >= 0.3 is 0 Å². The number of aryl methyl sites for hydroxylation is 1. The van der Waals surface area contributed by atoms with E-state index in [-0.39, 0.29) is 30.5 Å². The van der Waals surface area contributed by atoms with Crippen molar-refractivity contribution in [1.82, 2.24) is 0 Å². The topological polar surface area (TPSA) is 44.8 Å². The quantitative estimate of drug-likeness (QED) is 0.299. The Labute approximate surface area is 173 Å². The predicted molar refractivity (Wildman–Crippen MR) is 113 cm³/mol. The minimum Gasteiger partial charge on any atom is -0.497 e. The van der Waals surface area contributed by atoms with Gasteiger partial charge in [-0.3, -0.25) is 4.79 Å². The normalized spacial score (nSPS) is 16.8. The van der Waals surface area contributed by atoms with Crippen molar-refractivity contribution in [2.24, 2.45) is 0 Å². The van der Waals surface area contributed by atoms with Crippen molar-refractivity contribution in [2.45, 2.75) is 51.7 Å². The van der Waals surface area contributed by atoms with Gasteiger partial charge in [0.25, 0.3) is 0 Å². The molecule has 158 valence electrons. The van der Waals surface area contributed by atoms with Gasteiger partial charge in [-0.15, -0.1) is 0 Å². The Morgan fingerprint density at radius 2 is 2.17 bits per heavy atom. The van der Waals surface area contributed by atoms with Gasteiger partial charge in [-0.1, -0.05) is 18.7 Å². The van der Waals surface area contributed by atoms with Crippen LogP contribution in [0.25, 0.3) is 0 Å². The Morgan fingerprint density at radius 1 is 1.41 bits per heavy atom. The third-order valence-corrected chi connectivity index (χ3v) is 4.78. The summed E-state index contributed by atoms with van der Waals surface area (Å²) in [5, 5.41) is 0. The Morgan fingerprint density at radius 3 is 2.86 bits per heavy atom. The number of rotatable bonds is 10. The molecule has 4 nitrogen and oxygen atoms in total. The molecule has 1 atom stereocenters. The first-order chi connectivity index (χ1) is 13.7. The molecule has 0 saturated heterocycles. The molecule has 0 N–H and O–H groups in total. The number of halogens is 1. The summed E-state index contributed by atoms with van der Waals surface area (Å²) in [5.74, 6) is 1.30. The van der Waals surface area contributed by atoms with Gasteiger partial charge in [0.15, 0.2) is 5.78 Å². The molecule has 5 heteroatoms. The molecule has 1 aliphatic heterocycles. The lowest BCUT2D eigenvalue weighted by Gasteiger charge is -2.32. The molecular weight excluding hydrogens is 371 g/mol. The van der Waals surface area contributed by atoms with E-state index in [4.69, 9.17) is 14.2 Å². The van der Waals surface area contributed by atoms with E-state index < -0.39 is 6.67 Å². The lowest BCUT2D eigenvalue weighted by molar-refractivity contribution is 0.0845.